The molecule has 88 valence electrons. The molecule has 0 spiro atoms. The van der Waals surface area contributed by atoms with E-state index in [-0.39, 0.29) is 5.91 Å². The fourth-order valence-electron chi connectivity index (χ4n) is 1.56. The van der Waals surface area contributed by atoms with Crippen LogP contribution in [0.5, 0.6) is 0 Å². The molecule has 1 amide bonds. The Kier molecular flexibility index (Phi) is 3.52. The summed E-state index contributed by atoms with van der Waals surface area (Å²) in [6.07, 6.45) is 0. The first kappa shape index (κ1) is 11.5. The topological polar surface area (TPSA) is 57.3 Å². The Morgan fingerprint density at radius 1 is 1.75 bits per heavy atom. The minimum Gasteiger partial charge on any atom is -0.314 e. The molecule has 2 N–H and O–H groups in total. The van der Waals surface area contributed by atoms with Crippen LogP contribution in [0.4, 0.5) is 5.13 Å². The summed E-state index contributed by atoms with van der Waals surface area (Å²) in [5.74, 6) is -0.0718. The second-order valence-electron chi connectivity index (χ2n) is 4.05. The zero-order chi connectivity index (χ0) is 11.5. The average Bonchev–Trinajstić information content (AvgIpc) is 2.47. The van der Waals surface area contributed by atoms with Crippen molar-refractivity contribution in [2.45, 2.75) is 19.5 Å². The standard InChI is InChI=1S/C10H16N4OS/c1-7(15)12-10-13-8(6-16-10)5-14(2)9-3-11-4-9/h6,9,11H,3-5H2,1-2H3,(H,12,13,15). The first-order chi connectivity index (χ1) is 7.65. The number of nitrogens with zero attached hydrogens (tertiary/aromatic N) is 2. The number of rotatable bonds is 4. The van der Waals surface area contributed by atoms with Crippen molar-refractivity contribution in [3.8, 4) is 0 Å². The van der Waals surface area contributed by atoms with Gasteiger partial charge in [0.05, 0.1) is 5.69 Å². The molecule has 0 bridgehead atoms. The Morgan fingerprint density at radius 3 is 3.06 bits per heavy atom. The van der Waals surface area contributed by atoms with Gasteiger partial charge in [0, 0.05) is 38.0 Å². The summed E-state index contributed by atoms with van der Waals surface area (Å²) < 4.78 is 0. The highest BCUT2D eigenvalue weighted by Gasteiger charge is 2.21. The molecule has 1 aliphatic rings. The van der Waals surface area contributed by atoms with Gasteiger partial charge >= 0.3 is 0 Å². The molecule has 1 aliphatic heterocycles. The predicted octanol–water partition coefficient (Wildman–Crippen LogP) is 0.505. The fourth-order valence-corrected chi connectivity index (χ4v) is 2.30. The number of hydrogen-bond acceptors (Lipinski definition) is 5. The zero-order valence-electron chi connectivity index (χ0n) is 9.49. The van der Waals surface area contributed by atoms with E-state index in [9.17, 15) is 4.79 Å². The number of carbonyl (C=O) groups is 1. The Bertz CT molecular complexity index is 375. The molecule has 2 rings (SSSR count). The van der Waals surface area contributed by atoms with Crippen LogP contribution in [0.15, 0.2) is 5.38 Å². The molecular weight excluding hydrogens is 224 g/mol. The van der Waals surface area contributed by atoms with Gasteiger partial charge in [0.2, 0.25) is 5.91 Å². The molecule has 0 saturated carbocycles. The van der Waals surface area contributed by atoms with Gasteiger partial charge in [0.1, 0.15) is 0 Å². The van der Waals surface area contributed by atoms with E-state index in [0.717, 1.165) is 25.3 Å². The number of carbonyl (C=O) groups excluding carboxylic acids is 1. The number of thiazole rings is 1. The number of nitrogens with one attached hydrogen (secondary N) is 2. The number of aromatic nitrogens is 1. The largest absolute Gasteiger partial charge is 0.314 e. The lowest BCUT2D eigenvalue weighted by Gasteiger charge is -2.35. The van der Waals surface area contributed by atoms with E-state index < -0.39 is 0 Å². The first-order valence-corrected chi connectivity index (χ1v) is 6.16. The number of likely N-dealkylation sites (N-methyl/N-ethyl adjacent to an activating group) is 1. The van der Waals surface area contributed by atoms with Crippen molar-refractivity contribution in [3.63, 3.8) is 0 Å². The Labute approximate surface area is 98.9 Å². The molecule has 6 heteroatoms. The molecule has 0 radical (unpaired) electrons. The fraction of sp³-hybridized carbons (Fsp3) is 0.600. The molecular formula is C10H16N4OS. The molecule has 2 heterocycles. The van der Waals surface area contributed by atoms with Gasteiger partial charge in [-0.2, -0.15) is 0 Å². The van der Waals surface area contributed by atoms with Gasteiger partial charge < -0.3 is 10.6 Å². The lowest BCUT2D eigenvalue weighted by atomic mass is 10.1. The van der Waals surface area contributed by atoms with E-state index in [1.54, 1.807) is 0 Å². The monoisotopic (exact) mass is 240 g/mol. The molecule has 0 atom stereocenters. The number of anilines is 1. The lowest BCUT2D eigenvalue weighted by Crippen LogP contribution is -2.55. The summed E-state index contributed by atoms with van der Waals surface area (Å²) in [5.41, 5.74) is 1.02. The molecule has 0 aromatic carbocycles. The highest BCUT2D eigenvalue weighted by Crippen LogP contribution is 2.17. The van der Waals surface area contributed by atoms with Crippen LogP contribution in [0, 0.1) is 0 Å². The van der Waals surface area contributed by atoms with Crippen molar-refractivity contribution in [1.82, 2.24) is 15.2 Å². The van der Waals surface area contributed by atoms with Gasteiger partial charge in [-0.3, -0.25) is 9.69 Å². The molecule has 0 unspecified atom stereocenters. The van der Waals surface area contributed by atoms with Crippen LogP contribution < -0.4 is 10.6 Å². The third-order valence-electron chi connectivity index (χ3n) is 2.63. The van der Waals surface area contributed by atoms with Crippen LogP contribution in [-0.2, 0) is 11.3 Å². The predicted molar refractivity (Wildman–Crippen MR) is 64.5 cm³/mol. The molecule has 0 aliphatic carbocycles. The van der Waals surface area contributed by atoms with E-state index in [1.807, 2.05) is 5.38 Å². The number of hydrogen-bond donors (Lipinski definition) is 2. The first-order valence-electron chi connectivity index (χ1n) is 5.28. The maximum atomic E-state index is 10.8. The quantitative estimate of drug-likeness (QED) is 0.805. The molecule has 1 saturated heterocycles. The summed E-state index contributed by atoms with van der Waals surface area (Å²) >= 11 is 1.47. The van der Waals surface area contributed by atoms with E-state index in [4.69, 9.17) is 0 Å². The van der Waals surface area contributed by atoms with E-state index >= 15 is 0 Å². The van der Waals surface area contributed by atoms with Crippen LogP contribution in [0.2, 0.25) is 0 Å². The van der Waals surface area contributed by atoms with Gasteiger partial charge in [-0.1, -0.05) is 0 Å². The second kappa shape index (κ2) is 4.90. The highest BCUT2D eigenvalue weighted by molar-refractivity contribution is 7.13. The maximum absolute atomic E-state index is 10.8. The Hall–Kier alpha value is -0.980. The SMILES string of the molecule is CC(=O)Nc1nc(CN(C)C2CNC2)cs1. The Balaban J connectivity index is 1.88. The highest BCUT2D eigenvalue weighted by atomic mass is 32.1. The summed E-state index contributed by atoms with van der Waals surface area (Å²) in [6, 6.07) is 0.617. The van der Waals surface area contributed by atoms with E-state index in [2.05, 4.69) is 27.6 Å². The molecule has 1 aromatic rings. The normalized spacial score (nSPS) is 16.2. The van der Waals surface area contributed by atoms with Gasteiger partial charge in [0.15, 0.2) is 5.13 Å². The second-order valence-corrected chi connectivity index (χ2v) is 4.91. The number of amides is 1. The summed E-state index contributed by atoms with van der Waals surface area (Å²) in [5, 5.41) is 8.61. The molecule has 16 heavy (non-hydrogen) atoms. The van der Waals surface area contributed by atoms with Gasteiger partial charge in [0.25, 0.3) is 0 Å². The third kappa shape index (κ3) is 2.78. The lowest BCUT2D eigenvalue weighted by molar-refractivity contribution is -0.114. The smallest absolute Gasteiger partial charge is 0.223 e. The van der Waals surface area contributed by atoms with Crippen molar-refractivity contribution in [3.05, 3.63) is 11.1 Å². The Morgan fingerprint density at radius 2 is 2.50 bits per heavy atom. The van der Waals surface area contributed by atoms with E-state index in [0.29, 0.717) is 11.2 Å². The van der Waals surface area contributed by atoms with E-state index in [1.165, 1.54) is 18.3 Å². The van der Waals surface area contributed by atoms with Crippen molar-refractivity contribution in [1.29, 1.82) is 0 Å². The van der Waals surface area contributed by atoms with Gasteiger partial charge in [-0.15, -0.1) is 11.3 Å². The minimum atomic E-state index is -0.0718. The maximum Gasteiger partial charge on any atom is 0.223 e. The third-order valence-corrected chi connectivity index (χ3v) is 3.44. The van der Waals surface area contributed by atoms with Crippen molar-refractivity contribution in [2.24, 2.45) is 0 Å². The van der Waals surface area contributed by atoms with Gasteiger partial charge in [-0.05, 0) is 7.05 Å². The summed E-state index contributed by atoms with van der Waals surface area (Å²) in [4.78, 5) is 17.5. The van der Waals surface area contributed by atoms with Crippen LogP contribution >= 0.6 is 11.3 Å². The summed E-state index contributed by atoms with van der Waals surface area (Å²) in [6.45, 7) is 4.44. The van der Waals surface area contributed by atoms with Crippen molar-refractivity contribution < 1.29 is 4.79 Å². The molecule has 5 nitrogen and oxygen atoms in total. The van der Waals surface area contributed by atoms with Crippen molar-refractivity contribution >= 4 is 22.4 Å². The van der Waals surface area contributed by atoms with Crippen LogP contribution in [0.1, 0.15) is 12.6 Å². The summed E-state index contributed by atoms with van der Waals surface area (Å²) in [7, 11) is 2.10. The van der Waals surface area contributed by atoms with Crippen LogP contribution in [0.25, 0.3) is 0 Å². The average molecular weight is 240 g/mol. The molecule has 1 aromatic heterocycles. The van der Waals surface area contributed by atoms with Gasteiger partial charge in [-0.25, -0.2) is 4.98 Å². The van der Waals surface area contributed by atoms with Crippen molar-refractivity contribution in [2.75, 3.05) is 25.5 Å². The van der Waals surface area contributed by atoms with Crippen LogP contribution in [-0.4, -0.2) is 42.0 Å². The molecule has 1 fully saturated rings. The zero-order valence-corrected chi connectivity index (χ0v) is 10.3. The van der Waals surface area contributed by atoms with Crippen LogP contribution in [0.3, 0.4) is 0 Å². The minimum absolute atomic E-state index is 0.0718.